The Hall–Kier alpha value is -1.06. The van der Waals surface area contributed by atoms with Crippen molar-refractivity contribution in [1.82, 2.24) is 5.32 Å². The molecule has 1 aliphatic heterocycles. The van der Waals surface area contributed by atoms with Gasteiger partial charge in [-0.25, -0.2) is 0 Å². The normalized spacial score (nSPS) is 17.4. The Morgan fingerprint density at radius 1 is 1.36 bits per heavy atom. The van der Waals surface area contributed by atoms with E-state index in [0.717, 1.165) is 18.7 Å². The number of hydrogen-bond acceptors (Lipinski definition) is 3. The summed E-state index contributed by atoms with van der Waals surface area (Å²) in [7, 11) is 0. The molecule has 2 N–H and O–H groups in total. The summed E-state index contributed by atoms with van der Waals surface area (Å²) in [6, 6.07) is 7.12. The van der Waals surface area contributed by atoms with Gasteiger partial charge in [-0.05, 0) is 17.7 Å². The van der Waals surface area contributed by atoms with E-state index < -0.39 is 6.10 Å². The van der Waals surface area contributed by atoms with Crippen molar-refractivity contribution in [1.29, 1.82) is 0 Å². The minimum absolute atomic E-state index is 0.646. The molecule has 4 heteroatoms. The van der Waals surface area contributed by atoms with Crippen LogP contribution < -0.4 is 5.32 Å². The first-order valence-corrected chi connectivity index (χ1v) is 4.87. The second kappa shape index (κ2) is 3.98. The van der Waals surface area contributed by atoms with Gasteiger partial charge in [0.15, 0.2) is 0 Å². The summed E-state index contributed by atoms with van der Waals surface area (Å²) in [5, 5.41) is 13.6. The Bertz CT molecular complexity index is 348. The van der Waals surface area contributed by atoms with E-state index in [1.807, 2.05) is 0 Å². The van der Waals surface area contributed by atoms with E-state index in [4.69, 9.17) is 11.6 Å². The Labute approximate surface area is 87.4 Å². The van der Waals surface area contributed by atoms with Crippen LogP contribution in [0.2, 0.25) is 5.02 Å². The fourth-order valence-electron chi connectivity index (χ4n) is 1.40. The third kappa shape index (κ3) is 1.89. The van der Waals surface area contributed by atoms with Crippen LogP contribution in [0.3, 0.4) is 0 Å². The molecule has 14 heavy (non-hydrogen) atoms. The van der Waals surface area contributed by atoms with Crippen molar-refractivity contribution in [3.8, 4) is 0 Å². The summed E-state index contributed by atoms with van der Waals surface area (Å²) < 4.78 is 0. The fraction of sp³-hybridized carbons (Fsp3) is 0.300. The van der Waals surface area contributed by atoms with Gasteiger partial charge >= 0.3 is 0 Å². The quantitative estimate of drug-likeness (QED) is 0.775. The van der Waals surface area contributed by atoms with Crippen molar-refractivity contribution < 1.29 is 5.11 Å². The van der Waals surface area contributed by atoms with Crippen molar-refractivity contribution in [2.45, 2.75) is 6.10 Å². The third-order valence-corrected chi connectivity index (χ3v) is 2.40. The predicted octanol–water partition coefficient (Wildman–Crippen LogP) is 1.38. The number of rotatable bonds is 2. The van der Waals surface area contributed by atoms with Crippen LogP contribution in [0.4, 0.5) is 0 Å². The monoisotopic (exact) mass is 210 g/mol. The summed E-state index contributed by atoms with van der Waals surface area (Å²) in [5.41, 5.74) is 0.808. The number of amidine groups is 1. The van der Waals surface area contributed by atoms with E-state index in [0.29, 0.717) is 10.9 Å². The molecule has 0 radical (unpaired) electrons. The minimum Gasteiger partial charge on any atom is -0.380 e. The number of benzene rings is 1. The molecule has 1 aromatic carbocycles. The van der Waals surface area contributed by atoms with Crippen molar-refractivity contribution in [3.05, 3.63) is 34.9 Å². The highest BCUT2D eigenvalue weighted by Gasteiger charge is 2.17. The molecule has 0 bridgehead atoms. The molecule has 1 heterocycles. The van der Waals surface area contributed by atoms with Crippen LogP contribution in [0.25, 0.3) is 0 Å². The lowest BCUT2D eigenvalue weighted by Gasteiger charge is -2.11. The van der Waals surface area contributed by atoms with Gasteiger partial charge in [-0.1, -0.05) is 23.7 Å². The van der Waals surface area contributed by atoms with E-state index in [-0.39, 0.29) is 0 Å². The molecule has 1 atom stereocenters. The number of aliphatic hydroxyl groups excluding tert-OH is 1. The zero-order chi connectivity index (χ0) is 9.97. The third-order valence-electron chi connectivity index (χ3n) is 2.14. The molecule has 0 amide bonds. The number of halogens is 1. The number of hydrogen-bond donors (Lipinski definition) is 2. The van der Waals surface area contributed by atoms with E-state index in [9.17, 15) is 5.11 Å². The molecule has 0 aromatic heterocycles. The fourth-order valence-corrected chi connectivity index (χ4v) is 1.53. The molecule has 1 aromatic rings. The first-order chi connectivity index (χ1) is 6.77. The first-order valence-electron chi connectivity index (χ1n) is 4.49. The van der Waals surface area contributed by atoms with Gasteiger partial charge in [0.2, 0.25) is 0 Å². The standard InChI is InChI=1S/C10H11ClN2O/c11-8-3-1-7(2-4-8)9(14)10-12-5-6-13-10/h1-4,9,14H,5-6H2,(H,12,13)/t9-/m0/s1. The van der Waals surface area contributed by atoms with Gasteiger partial charge in [-0.2, -0.15) is 0 Å². The largest absolute Gasteiger partial charge is 0.380 e. The molecular formula is C10H11ClN2O. The smallest absolute Gasteiger partial charge is 0.136 e. The molecule has 2 rings (SSSR count). The second-order valence-corrected chi connectivity index (χ2v) is 3.58. The number of nitrogens with zero attached hydrogens (tertiary/aromatic N) is 1. The maximum atomic E-state index is 9.87. The van der Waals surface area contributed by atoms with Gasteiger partial charge in [0.1, 0.15) is 11.9 Å². The molecule has 74 valence electrons. The van der Waals surface area contributed by atoms with E-state index in [1.54, 1.807) is 24.3 Å². The van der Waals surface area contributed by atoms with Gasteiger partial charge in [0.25, 0.3) is 0 Å². The second-order valence-electron chi connectivity index (χ2n) is 3.15. The highest BCUT2D eigenvalue weighted by Crippen LogP contribution is 2.17. The SMILES string of the molecule is O[C@H](C1=NCCN1)c1ccc(Cl)cc1. The number of aliphatic imine (C=N–C) groups is 1. The summed E-state index contributed by atoms with van der Waals surface area (Å²) in [4.78, 5) is 4.16. The molecule has 0 spiro atoms. The van der Waals surface area contributed by atoms with Crippen LogP contribution >= 0.6 is 11.6 Å². The molecule has 0 saturated carbocycles. The lowest BCUT2D eigenvalue weighted by atomic mass is 10.1. The number of nitrogens with one attached hydrogen (secondary N) is 1. The van der Waals surface area contributed by atoms with Crippen molar-refractivity contribution in [2.75, 3.05) is 13.1 Å². The summed E-state index contributed by atoms with van der Waals surface area (Å²) in [6.07, 6.45) is -0.658. The highest BCUT2D eigenvalue weighted by atomic mass is 35.5. The average molecular weight is 211 g/mol. The van der Waals surface area contributed by atoms with Crippen LogP contribution in [0.1, 0.15) is 11.7 Å². The average Bonchev–Trinajstić information content (AvgIpc) is 2.71. The first kappa shape index (κ1) is 9.49. The maximum Gasteiger partial charge on any atom is 0.136 e. The van der Waals surface area contributed by atoms with E-state index in [2.05, 4.69) is 10.3 Å². The summed E-state index contributed by atoms with van der Waals surface area (Å²) >= 11 is 5.75. The van der Waals surface area contributed by atoms with Gasteiger partial charge < -0.3 is 10.4 Å². The molecule has 0 fully saturated rings. The molecule has 3 nitrogen and oxygen atoms in total. The van der Waals surface area contributed by atoms with Gasteiger partial charge in [-0.3, -0.25) is 4.99 Å². The van der Waals surface area contributed by atoms with Crippen LogP contribution in [0.5, 0.6) is 0 Å². The topological polar surface area (TPSA) is 44.6 Å². The molecule has 0 aliphatic carbocycles. The molecule has 1 aliphatic rings. The summed E-state index contributed by atoms with van der Waals surface area (Å²) in [5.74, 6) is 0.646. The maximum absolute atomic E-state index is 9.87. The Morgan fingerprint density at radius 3 is 2.64 bits per heavy atom. The van der Waals surface area contributed by atoms with Crippen LogP contribution in [0.15, 0.2) is 29.3 Å². The highest BCUT2D eigenvalue weighted by molar-refractivity contribution is 6.30. The lowest BCUT2D eigenvalue weighted by molar-refractivity contribution is 0.244. The zero-order valence-electron chi connectivity index (χ0n) is 7.57. The molecule has 0 unspecified atom stereocenters. The Kier molecular flexibility index (Phi) is 2.70. The van der Waals surface area contributed by atoms with Crippen molar-refractivity contribution in [3.63, 3.8) is 0 Å². The summed E-state index contributed by atoms with van der Waals surface area (Å²) in [6.45, 7) is 1.54. The van der Waals surface area contributed by atoms with Gasteiger partial charge in [0, 0.05) is 11.6 Å². The zero-order valence-corrected chi connectivity index (χ0v) is 8.33. The van der Waals surface area contributed by atoms with Crippen LogP contribution in [-0.4, -0.2) is 24.0 Å². The molecule has 0 saturated heterocycles. The molecular weight excluding hydrogens is 200 g/mol. The van der Waals surface area contributed by atoms with Crippen molar-refractivity contribution >= 4 is 17.4 Å². The number of aliphatic hydroxyl groups is 1. The lowest BCUT2D eigenvalue weighted by Crippen LogP contribution is -2.25. The van der Waals surface area contributed by atoms with Crippen LogP contribution in [-0.2, 0) is 0 Å². The predicted molar refractivity (Wildman–Crippen MR) is 56.7 cm³/mol. The van der Waals surface area contributed by atoms with Gasteiger partial charge in [0.05, 0.1) is 6.54 Å². The van der Waals surface area contributed by atoms with E-state index in [1.165, 1.54) is 0 Å². The van der Waals surface area contributed by atoms with Gasteiger partial charge in [-0.15, -0.1) is 0 Å². The Balaban J connectivity index is 2.18. The van der Waals surface area contributed by atoms with Crippen molar-refractivity contribution in [2.24, 2.45) is 4.99 Å². The van der Waals surface area contributed by atoms with Crippen LogP contribution in [0, 0.1) is 0 Å². The van der Waals surface area contributed by atoms with E-state index >= 15 is 0 Å². The Morgan fingerprint density at radius 2 is 2.07 bits per heavy atom. The minimum atomic E-state index is -0.658.